The summed E-state index contributed by atoms with van der Waals surface area (Å²) in [6.07, 6.45) is 2.28. The lowest BCUT2D eigenvalue weighted by Gasteiger charge is -2.30. The summed E-state index contributed by atoms with van der Waals surface area (Å²) in [4.78, 5) is 65.0. The van der Waals surface area contributed by atoms with Crippen molar-refractivity contribution in [3.63, 3.8) is 0 Å². The minimum atomic E-state index is -1.00. The van der Waals surface area contributed by atoms with Gasteiger partial charge in [-0.3, -0.25) is 14.4 Å². The molecule has 0 spiro atoms. The standard InChI is InChI=1S/C42H50FN9O7/c1-42(2,3)59-40(56)44-24-26-6-10-29(11-7-26)37(53)47-35(39(55)46-31-15-12-28(13-16-31)36-48-50-51-49-36)22-25-4-8-27(9-5-25)30-14-17-33(34(43)23-30)38(54)45-32-18-20-52(21-19-32)41(57)58/h4-5,8-9,12-17,23,26,29,32,35H,6-7,10-11,18-22,24H2,1-3H3,(H,44,56)(H,45,54)(H,46,55)(H,47,53)(H,57,58)(H,48,49,50,51)/t26-,29-,35-/m0/s1. The van der Waals surface area contributed by atoms with E-state index in [4.69, 9.17) is 9.84 Å². The van der Waals surface area contributed by atoms with Gasteiger partial charge >= 0.3 is 12.2 Å². The number of tetrazole rings is 1. The number of nitrogens with zero attached hydrogens (tertiary/aromatic N) is 4. The molecule has 1 saturated carbocycles. The number of nitrogens with one attached hydrogen (secondary N) is 5. The van der Waals surface area contributed by atoms with Crippen molar-refractivity contribution < 1.29 is 38.2 Å². The van der Waals surface area contributed by atoms with Crippen molar-refractivity contribution in [3.8, 4) is 22.5 Å². The molecule has 17 heteroatoms. The van der Waals surface area contributed by atoms with Crippen LogP contribution in [0.5, 0.6) is 0 Å². The smallest absolute Gasteiger partial charge is 0.407 e. The average molecular weight is 812 g/mol. The highest BCUT2D eigenvalue weighted by molar-refractivity contribution is 5.98. The third-order valence-corrected chi connectivity index (χ3v) is 10.6. The van der Waals surface area contributed by atoms with Gasteiger partial charge in [-0.2, -0.15) is 5.21 Å². The lowest BCUT2D eigenvalue weighted by molar-refractivity contribution is -0.130. The number of piperidine rings is 1. The zero-order chi connectivity index (χ0) is 42.1. The Kier molecular flexibility index (Phi) is 13.5. The van der Waals surface area contributed by atoms with Crippen LogP contribution in [-0.4, -0.2) is 97.9 Å². The van der Waals surface area contributed by atoms with E-state index in [2.05, 4.69) is 41.9 Å². The first kappa shape index (κ1) is 42.2. The number of amides is 5. The highest BCUT2D eigenvalue weighted by Crippen LogP contribution is 2.29. The summed E-state index contributed by atoms with van der Waals surface area (Å²) in [7, 11) is 0. The number of rotatable bonds is 12. The van der Waals surface area contributed by atoms with Crippen LogP contribution in [0.2, 0.25) is 0 Å². The molecule has 2 aliphatic rings. The highest BCUT2D eigenvalue weighted by atomic mass is 19.1. The Morgan fingerprint density at radius 2 is 1.56 bits per heavy atom. The Morgan fingerprint density at radius 3 is 2.17 bits per heavy atom. The number of H-pyrrole nitrogens is 1. The third-order valence-electron chi connectivity index (χ3n) is 10.6. The van der Waals surface area contributed by atoms with Crippen LogP contribution in [0.3, 0.4) is 0 Å². The Morgan fingerprint density at radius 1 is 0.898 bits per heavy atom. The second-order valence-electron chi connectivity index (χ2n) is 16.1. The second-order valence-corrected chi connectivity index (χ2v) is 16.1. The van der Waals surface area contributed by atoms with Crippen molar-refractivity contribution >= 4 is 35.6 Å². The third kappa shape index (κ3) is 11.8. The van der Waals surface area contributed by atoms with Crippen molar-refractivity contribution in [2.75, 3.05) is 25.0 Å². The number of carbonyl (C=O) groups excluding carboxylic acids is 4. The van der Waals surface area contributed by atoms with E-state index < -0.39 is 41.5 Å². The summed E-state index contributed by atoms with van der Waals surface area (Å²) < 4.78 is 20.6. The molecule has 59 heavy (non-hydrogen) atoms. The van der Waals surface area contributed by atoms with Crippen molar-refractivity contribution in [3.05, 3.63) is 83.7 Å². The second kappa shape index (κ2) is 18.9. The molecule has 1 atom stereocenters. The molecule has 1 aliphatic carbocycles. The summed E-state index contributed by atoms with van der Waals surface area (Å²) in [5.41, 5.74) is 2.50. The first-order valence-electron chi connectivity index (χ1n) is 19.8. The minimum absolute atomic E-state index is 0.106. The number of hydrogen-bond donors (Lipinski definition) is 6. The molecule has 5 amide bonds. The van der Waals surface area contributed by atoms with Crippen LogP contribution in [0, 0.1) is 17.7 Å². The van der Waals surface area contributed by atoms with Crippen LogP contribution in [0.1, 0.15) is 75.2 Å². The summed E-state index contributed by atoms with van der Waals surface area (Å²) in [5.74, 6) is -1.57. The van der Waals surface area contributed by atoms with Crippen LogP contribution in [0.15, 0.2) is 66.7 Å². The van der Waals surface area contributed by atoms with Crippen LogP contribution in [0.25, 0.3) is 22.5 Å². The molecule has 0 unspecified atom stereocenters. The predicted molar refractivity (Wildman–Crippen MR) is 215 cm³/mol. The number of benzene rings is 3. The quantitative estimate of drug-likeness (QED) is 0.105. The molecule has 0 radical (unpaired) electrons. The van der Waals surface area contributed by atoms with Gasteiger partial charge in [-0.05, 0) is 124 Å². The van der Waals surface area contributed by atoms with E-state index in [0.29, 0.717) is 73.5 Å². The first-order chi connectivity index (χ1) is 28.2. The number of halogens is 1. The summed E-state index contributed by atoms with van der Waals surface area (Å²) in [5, 5.41) is 34.7. The van der Waals surface area contributed by atoms with Gasteiger partial charge in [-0.1, -0.05) is 30.3 Å². The fraction of sp³-hybridized carbons (Fsp3) is 0.429. The van der Waals surface area contributed by atoms with Gasteiger partial charge in [0.05, 0.1) is 5.56 Å². The molecule has 16 nitrogen and oxygen atoms in total. The Labute approximate surface area is 341 Å². The Bertz CT molecular complexity index is 2090. The number of alkyl carbamates (subject to hydrolysis) is 1. The average Bonchev–Trinajstić information content (AvgIpc) is 3.75. The fourth-order valence-electron chi connectivity index (χ4n) is 7.31. The summed E-state index contributed by atoms with van der Waals surface area (Å²) in [6, 6.07) is 17.3. The topological polar surface area (TPSA) is 221 Å². The molecular weight excluding hydrogens is 762 g/mol. The molecule has 2 heterocycles. The van der Waals surface area contributed by atoms with Crippen LogP contribution in [-0.2, 0) is 20.7 Å². The van der Waals surface area contributed by atoms with E-state index in [1.165, 1.54) is 17.0 Å². The highest BCUT2D eigenvalue weighted by Gasteiger charge is 2.31. The van der Waals surface area contributed by atoms with E-state index >= 15 is 4.39 Å². The van der Waals surface area contributed by atoms with Gasteiger partial charge in [-0.25, -0.2) is 14.0 Å². The number of ether oxygens (including phenoxy) is 1. The lowest BCUT2D eigenvalue weighted by atomic mass is 9.81. The van der Waals surface area contributed by atoms with Crippen molar-refractivity contribution in [1.29, 1.82) is 0 Å². The predicted octanol–water partition coefficient (Wildman–Crippen LogP) is 5.54. The van der Waals surface area contributed by atoms with Gasteiger partial charge in [-0.15, -0.1) is 10.2 Å². The normalized spacial score (nSPS) is 17.7. The largest absolute Gasteiger partial charge is 0.465 e. The van der Waals surface area contributed by atoms with E-state index in [1.54, 1.807) is 63.2 Å². The van der Waals surface area contributed by atoms with Crippen molar-refractivity contribution in [2.45, 2.75) is 83.4 Å². The van der Waals surface area contributed by atoms with Crippen molar-refractivity contribution in [2.24, 2.45) is 11.8 Å². The number of carbonyl (C=O) groups is 5. The minimum Gasteiger partial charge on any atom is -0.465 e. The molecule has 1 aliphatic heterocycles. The number of hydrogen-bond acceptors (Lipinski definition) is 9. The van der Waals surface area contributed by atoms with Crippen LogP contribution in [0.4, 0.5) is 19.7 Å². The number of likely N-dealkylation sites (tertiary alicyclic amines) is 1. The molecule has 6 N–H and O–H groups in total. The van der Waals surface area contributed by atoms with Gasteiger partial charge in [0.1, 0.15) is 17.5 Å². The van der Waals surface area contributed by atoms with Gasteiger partial charge in [0.2, 0.25) is 17.6 Å². The Hall–Kier alpha value is -6.39. The molecule has 4 aromatic rings. The molecule has 1 saturated heterocycles. The number of aromatic nitrogens is 4. The SMILES string of the molecule is CC(C)(C)OC(=O)NC[C@H]1CC[C@H](C(=O)N[C@@H](Cc2ccc(-c3ccc(C(=O)NC4CCN(C(=O)O)CC4)c(F)c3)cc2)C(=O)Nc2ccc(-c3nn[nH]n3)cc2)CC1. The molecule has 1 aromatic heterocycles. The molecule has 6 rings (SSSR count). The van der Waals surface area contributed by atoms with Crippen LogP contribution < -0.4 is 21.3 Å². The van der Waals surface area contributed by atoms with Crippen LogP contribution >= 0.6 is 0 Å². The zero-order valence-corrected chi connectivity index (χ0v) is 33.3. The number of aromatic amines is 1. The van der Waals surface area contributed by atoms with E-state index in [0.717, 1.165) is 18.4 Å². The number of carboxylic acid groups (broad SMARTS) is 1. The number of anilines is 1. The lowest BCUT2D eigenvalue weighted by Crippen LogP contribution is -2.48. The van der Waals surface area contributed by atoms with E-state index in [1.807, 2.05) is 12.1 Å². The molecule has 0 bridgehead atoms. The fourth-order valence-corrected chi connectivity index (χ4v) is 7.31. The molecule has 3 aromatic carbocycles. The molecular formula is C42H50FN9O7. The van der Waals surface area contributed by atoms with Gasteiger partial charge < -0.3 is 36.0 Å². The zero-order valence-electron chi connectivity index (χ0n) is 33.3. The maximum atomic E-state index is 15.3. The van der Waals surface area contributed by atoms with Gasteiger partial charge in [0.15, 0.2) is 0 Å². The maximum Gasteiger partial charge on any atom is 0.407 e. The monoisotopic (exact) mass is 811 g/mol. The van der Waals surface area contributed by atoms with E-state index in [9.17, 15) is 24.0 Å². The van der Waals surface area contributed by atoms with Gasteiger partial charge in [0, 0.05) is 49.3 Å². The Balaban J connectivity index is 1.09. The first-order valence-corrected chi connectivity index (χ1v) is 19.8. The molecule has 2 fully saturated rings. The van der Waals surface area contributed by atoms with Gasteiger partial charge in [0.25, 0.3) is 5.91 Å². The summed E-state index contributed by atoms with van der Waals surface area (Å²) >= 11 is 0. The molecule has 312 valence electrons. The van der Waals surface area contributed by atoms with E-state index in [-0.39, 0.29) is 35.8 Å². The maximum absolute atomic E-state index is 15.3. The summed E-state index contributed by atoms with van der Waals surface area (Å²) in [6.45, 7) is 6.47. The van der Waals surface area contributed by atoms with Crippen molar-refractivity contribution in [1.82, 2.24) is 41.5 Å².